The zero-order chi connectivity index (χ0) is 18.4. The number of hydrogen-bond acceptors (Lipinski definition) is 4. The number of aromatic nitrogens is 2. The van der Waals surface area contributed by atoms with Crippen LogP contribution >= 0.6 is 0 Å². The Labute approximate surface area is 144 Å². The van der Waals surface area contributed by atoms with Crippen molar-refractivity contribution < 1.29 is 13.9 Å². The van der Waals surface area contributed by atoms with Gasteiger partial charge in [0.15, 0.2) is 0 Å². The Morgan fingerprint density at radius 2 is 1.80 bits per heavy atom. The third-order valence-corrected chi connectivity index (χ3v) is 3.99. The van der Waals surface area contributed by atoms with Gasteiger partial charge in [-0.05, 0) is 19.1 Å². The number of nitrogens with one attached hydrogen (secondary N) is 3. The molecule has 1 aromatic carbocycles. The predicted octanol–water partition coefficient (Wildman–Crippen LogP) is 3.32. The van der Waals surface area contributed by atoms with E-state index in [0.717, 1.165) is 5.76 Å². The van der Waals surface area contributed by atoms with Crippen LogP contribution in [0.15, 0.2) is 27.4 Å². The molecule has 0 saturated heterocycles. The van der Waals surface area contributed by atoms with Crippen LogP contribution in [0.5, 0.6) is 5.75 Å². The highest BCUT2D eigenvalue weighted by Gasteiger charge is 2.23. The monoisotopic (exact) mass is 343 g/mol. The quantitative estimate of drug-likeness (QED) is 0.679. The van der Waals surface area contributed by atoms with E-state index in [1.807, 2.05) is 20.8 Å². The number of aromatic amines is 2. The van der Waals surface area contributed by atoms with Gasteiger partial charge in [0.2, 0.25) is 0 Å². The standard InChI is InChI=1S/C18H21N3O4/c1-9-10(6-15(25-9)18(2,3)4)16(22)19-13-7-11-12(8-14(13)24-5)21-17(23)20-11/h6-8H,1-5H3,(H,19,22)(H2,20,21,23). The van der Waals surface area contributed by atoms with Crippen molar-refractivity contribution in [1.82, 2.24) is 9.97 Å². The third kappa shape index (κ3) is 3.17. The molecule has 0 unspecified atom stereocenters. The smallest absolute Gasteiger partial charge is 0.323 e. The Morgan fingerprint density at radius 3 is 2.36 bits per heavy atom. The number of benzene rings is 1. The summed E-state index contributed by atoms with van der Waals surface area (Å²) in [7, 11) is 1.50. The Bertz CT molecular complexity index is 1000. The molecule has 3 rings (SSSR count). The van der Waals surface area contributed by atoms with Crippen molar-refractivity contribution >= 4 is 22.6 Å². The number of amides is 1. The lowest BCUT2D eigenvalue weighted by molar-refractivity contribution is 0.102. The molecule has 7 nitrogen and oxygen atoms in total. The zero-order valence-corrected chi connectivity index (χ0v) is 14.9. The molecule has 0 fully saturated rings. The highest BCUT2D eigenvalue weighted by atomic mass is 16.5. The minimum atomic E-state index is -0.318. The average molecular weight is 343 g/mol. The minimum absolute atomic E-state index is 0.190. The third-order valence-electron chi connectivity index (χ3n) is 3.99. The number of ether oxygens (including phenoxy) is 1. The average Bonchev–Trinajstić information content (AvgIpc) is 3.07. The first-order valence-corrected chi connectivity index (χ1v) is 7.91. The summed E-state index contributed by atoms with van der Waals surface area (Å²) in [6.45, 7) is 7.82. The summed E-state index contributed by atoms with van der Waals surface area (Å²) < 4.78 is 11.0. The van der Waals surface area contributed by atoms with Crippen LogP contribution in [0.3, 0.4) is 0 Å². The van der Waals surface area contributed by atoms with Crippen LogP contribution in [0, 0.1) is 6.92 Å². The topological polar surface area (TPSA) is 100 Å². The van der Waals surface area contributed by atoms with Crippen molar-refractivity contribution in [3.05, 3.63) is 45.8 Å². The van der Waals surface area contributed by atoms with E-state index in [9.17, 15) is 9.59 Å². The van der Waals surface area contributed by atoms with Gasteiger partial charge in [0.05, 0.1) is 29.4 Å². The molecule has 25 heavy (non-hydrogen) atoms. The molecule has 2 aromatic heterocycles. The van der Waals surface area contributed by atoms with Gasteiger partial charge in [0.25, 0.3) is 5.91 Å². The molecule has 3 N–H and O–H groups in total. The van der Waals surface area contributed by atoms with E-state index in [1.54, 1.807) is 25.1 Å². The van der Waals surface area contributed by atoms with E-state index >= 15 is 0 Å². The van der Waals surface area contributed by atoms with Gasteiger partial charge in [-0.2, -0.15) is 0 Å². The number of furan rings is 1. The molecule has 0 radical (unpaired) electrons. The van der Waals surface area contributed by atoms with Gasteiger partial charge in [0, 0.05) is 11.5 Å². The largest absolute Gasteiger partial charge is 0.494 e. The van der Waals surface area contributed by atoms with Gasteiger partial charge in [-0.25, -0.2) is 4.79 Å². The normalized spacial score (nSPS) is 11.7. The molecule has 2 heterocycles. The summed E-state index contributed by atoms with van der Waals surface area (Å²) in [6, 6.07) is 5.07. The highest BCUT2D eigenvalue weighted by Crippen LogP contribution is 2.31. The number of imidazole rings is 1. The summed E-state index contributed by atoms with van der Waals surface area (Å²) >= 11 is 0. The molecule has 0 aliphatic heterocycles. The number of aryl methyl sites for hydroxylation is 1. The fourth-order valence-electron chi connectivity index (χ4n) is 2.60. The molecular formula is C18H21N3O4. The molecule has 0 spiro atoms. The number of H-pyrrole nitrogens is 2. The van der Waals surface area contributed by atoms with E-state index in [1.165, 1.54) is 7.11 Å². The maximum atomic E-state index is 12.7. The van der Waals surface area contributed by atoms with Gasteiger partial charge in [0.1, 0.15) is 17.3 Å². The van der Waals surface area contributed by atoms with Crippen molar-refractivity contribution in [3.63, 3.8) is 0 Å². The van der Waals surface area contributed by atoms with Gasteiger partial charge >= 0.3 is 5.69 Å². The van der Waals surface area contributed by atoms with Crippen LogP contribution in [0.4, 0.5) is 5.69 Å². The van der Waals surface area contributed by atoms with Gasteiger partial charge in [-0.15, -0.1) is 0 Å². The number of carbonyl (C=O) groups excluding carboxylic acids is 1. The molecule has 0 bridgehead atoms. The summed E-state index contributed by atoms with van der Waals surface area (Å²) in [5, 5.41) is 2.82. The fourth-order valence-corrected chi connectivity index (χ4v) is 2.60. The maximum absolute atomic E-state index is 12.7. The molecule has 132 valence electrons. The number of fused-ring (bicyclic) bond motifs is 1. The van der Waals surface area contributed by atoms with Gasteiger partial charge in [-0.3, -0.25) is 4.79 Å². The Hall–Kier alpha value is -2.96. The first-order chi connectivity index (χ1) is 11.7. The van der Waals surface area contributed by atoms with Crippen LogP contribution in [-0.2, 0) is 5.41 Å². The lowest BCUT2D eigenvalue weighted by Crippen LogP contribution is -2.13. The van der Waals surface area contributed by atoms with Gasteiger partial charge in [-0.1, -0.05) is 20.8 Å². The number of carbonyl (C=O) groups is 1. The van der Waals surface area contributed by atoms with E-state index in [2.05, 4.69) is 15.3 Å². The second-order valence-corrected chi connectivity index (χ2v) is 6.96. The van der Waals surface area contributed by atoms with E-state index in [4.69, 9.17) is 9.15 Å². The van der Waals surface area contributed by atoms with Crippen LogP contribution < -0.4 is 15.7 Å². The summed E-state index contributed by atoms with van der Waals surface area (Å²) in [5.74, 6) is 1.45. The molecule has 0 aliphatic carbocycles. The lowest BCUT2D eigenvalue weighted by atomic mass is 9.93. The Kier molecular flexibility index (Phi) is 3.94. The number of hydrogen-bond donors (Lipinski definition) is 3. The van der Waals surface area contributed by atoms with E-state index in [-0.39, 0.29) is 17.0 Å². The Balaban J connectivity index is 1.96. The SMILES string of the molecule is COc1cc2[nH]c(=O)[nH]c2cc1NC(=O)c1cc(C(C)(C)C)oc1C. The molecule has 0 aliphatic rings. The minimum Gasteiger partial charge on any atom is -0.494 e. The molecule has 7 heteroatoms. The van der Waals surface area contributed by atoms with Crippen molar-refractivity contribution in [2.24, 2.45) is 0 Å². The number of rotatable bonds is 3. The van der Waals surface area contributed by atoms with Crippen molar-refractivity contribution in [2.45, 2.75) is 33.1 Å². The highest BCUT2D eigenvalue weighted by molar-refractivity contribution is 6.06. The predicted molar refractivity (Wildman–Crippen MR) is 95.6 cm³/mol. The molecule has 1 amide bonds. The molecule has 0 atom stereocenters. The fraction of sp³-hybridized carbons (Fsp3) is 0.333. The van der Waals surface area contributed by atoms with Crippen molar-refractivity contribution in [2.75, 3.05) is 12.4 Å². The van der Waals surface area contributed by atoms with Gasteiger partial charge < -0.3 is 24.4 Å². The number of anilines is 1. The summed E-state index contributed by atoms with van der Waals surface area (Å²) in [4.78, 5) is 29.4. The zero-order valence-electron chi connectivity index (χ0n) is 14.9. The Morgan fingerprint density at radius 1 is 1.16 bits per heavy atom. The van der Waals surface area contributed by atoms with E-state index in [0.29, 0.717) is 33.8 Å². The van der Waals surface area contributed by atoms with Crippen molar-refractivity contribution in [1.29, 1.82) is 0 Å². The second kappa shape index (κ2) is 5.84. The van der Waals surface area contributed by atoms with Crippen LogP contribution in [0.1, 0.15) is 42.6 Å². The first kappa shape index (κ1) is 16.9. The molecule has 0 saturated carbocycles. The summed E-state index contributed by atoms with van der Waals surface area (Å²) in [6.07, 6.45) is 0. The maximum Gasteiger partial charge on any atom is 0.323 e. The number of methoxy groups -OCH3 is 1. The van der Waals surface area contributed by atoms with Crippen LogP contribution in [-0.4, -0.2) is 23.0 Å². The lowest BCUT2D eigenvalue weighted by Gasteiger charge is -2.13. The summed E-state index contributed by atoms with van der Waals surface area (Å²) in [5.41, 5.74) is 1.61. The van der Waals surface area contributed by atoms with Crippen LogP contribution in [0.2, 0.25) is 0 Å². The molecule has 3 aromatic rings. The second-order valence-electron chi connectivity index (χ2n) is 6.96. The molecular weight excluding hydrogens is 322 g/mol. The van der Waals surface area contributed by atoms with Crippen molar-refractivity contribution in [3.8, 4) is 5.75 Å². The van der Waals surface area contributed by atoms with Crippen LogP contribution in [0.25, 0.3) is 11.0 Å². The first-order valence-electron chi connectivity index (χ1n) is 7.91. The van der Waals surface area contributed by atoms with E-state index < -0.39 is 0 Å².